The van der Waals surface area contributed by atoms with E-state index in [1.807, 2.05) is 36.4 Å². The van der Waals surface area contributed by atoms with E-state index in [9.17, 15) is 14.4 Å². The smallest absolute Gasteiger partial charge is 0.407 e. The van der Waals surface area contributed by atoms with Crippen molar-refractivity contribution in [2.45, 2.75) is 44.2 Å². The molecular weight excluding hydrogens is 448 g/mol. The lowest BCUT2D eigenvalue weighted by Gasteiger charge is -2.35. The Morgan fingerprint density at radius 2 is 1.60 bits per heavy atom. The minimum atomic E-state index is -0.912. The number of carboxylic acids is 1. The minimum Gasteiger partial charge on any atom is -0.481 e. The largest absolute Gasteiger partial charge is 0.481 e. The van der Waals surface area contributed by atoms with Crippen LogP contribution in [0.1, 0.15) is 43.2 Å². The van der Waals surface area contributed by atoms with E-state index in [2.05, 4.69) is 22.8 Å². The monoisotopic (exact) mass is 480 g/mol. The summed E-state index contributed by atoms with van der Waals surface area (Å²) < 4.78 is 10.9. The van der Waals surface area contributed by atoms with Crippen LogP contribution in [0.15, 0.2) is 48.5 Å². The molecule has 8 heteroatoms. The summed E-state index contributed by atoms with van der Waals surface area (Å²) in [5.41, 5.74) is 4.51. The molecule has 0 bridgehead atoms. The van der Waals surface area contributed by atoms with Gasteiger partial charge in [0, 0.05) is 26.0 Å². The van der Waals surface area contributed by atoms with Crippen molar-refractivity contribution >= 4 is 18.0 Å². The van der Waals surface area contributed by atoms with E-state index < -0.39 is 24.2 Å². The maximum absolute atomic E-state index is 12.8. The number of hydrogen-bond acceptors (Lipinski definition) is 5. The van der Waals surface area contributed by atoms with Crippen LogP contribution in [-0.4, -0.2) is 55.5 Å². The number of amides is 2. The van der Waals surface area contributed by atoms with E-state index in [1.54, 1.807) is 6.92 Å². The first-order chi connectivity index (χ1) is 16.9. The number of hydrogen-bond donors (Lipinski definition) is 3. The zero-order valence-electron chi connectivity index (χ0n) is 20.0. The van der Waals surface area contributed by atoms with Gasteiger partial charge in [-0.2, -0.15) is 0 Å². The van der Waals surface area contributed by atoms with E-state index in [1.165, 1.54) is 7.11 Å². The molecule has 2 amide bonds. The first-order valence-electron chi connectivity index (χ1n) is 12.0. The lowest BCUT2D eigenvalue weighted by atomic mass is 9.73. The number of aliphatic carboxylic acids is 1. The van der Waals surface area contributed by atoms with Gasteiger partial charge in [0.2, 0.25) is 5.91 Å². The summed E-state index contributed by atoms with van der Waals surface area (Å²) in [4.78, 5) is 36.3. The van der Waals surface area contributed by atoms with Gasteiger partial charge >= 0.3 is 12.1 Å². The second-order valence-electron chi connectivity index (χ2n) is 9.43. The summed E-state index contributed by atoms with van der Waals surface area (Å²) in [5.74, 6) is -0.802. The average Bonchev–Trinajstić information content (AvgIpc) is 3.15. The number of methoxy groups -OCH3 is 1. The molecule has 3 N–H and O–H groups in total. The molecule has 2 unspecified atom stereocenters. The molecule has 0 aromatic heterocycles. The number of carbonyl (C=O) groups excluding carboxylic acids is 2. The molecule has 8 nitrogen and oxygen atoms in total. The summed E-state index contributed by atoms with van der Waals surface area (Å²) in [7, 11) is 1.48. The van der Waals surface area contributed by atoms with Gasteiger partial charge in [-0.05, 0) is 53.9 Å². The molecule has 1 fully saturated rings. The van der Waals surface area contributed by atoms with Gasteiger partial charge in [0.05, 0.1) is 6.10 Å². The number of benzene rings is 2. The molecule has 4 rings (SSSR count). The summed E-state index contributed by atoms with van der Waals surface area (Å²) in [6.07, 6.45) is 0.475. The molecule has 35 heavy (non-hydrogen) atoms. The van der Waals surface area contributed by atoms with Crippen LogP contribution in [-0.2, 0) is 19.1 Å². The third kappa shape index (κ3) is 5.65. The Morgan fingerprint density at radius 1 is 1.00 bits per heavy atom. The number of fused-ring (bicyclic) bond motifs is 3. The fraction of sp³-hybridized carbons (Fsp3) is 0.444. The molecule has 0 aliphatic heterocycles. The van der Waals surface area contributed by atoms with Crippen molar-refractivity contribution in [1.82, 2.24) is 10.6 Å². The highest BCUT2D eigenvalue weighted by Crippen LogP contribution is 2.44. The number of carbonyl (C=O) groups is 3. The van der Waals surface area contributed by atoms with Crippen LogP contribution in [0.4, 0.5) is 4.79 Å². The van der Waals surface area contributed by atoms with Crippen LogP contribution in [0.25, 0.3) is 11.1 Å². The maximum Gasteiger partial charge on any atom is 0.407 e. The fourth-order valence-corrected chi connectivity index (χ4v) is 5.11. The van der Waals surface area contributed by atoms with Crippen molar-refractivity contribution in [3.8, 4) is 11.1 Å². The van der Waals surface area contributed by atoms with Gasteiger partial charge < -0.3 is 25.2 Å². The SMILES string of the molecule is COC(C)C(NC(=O)OCC1c2ccccc2-c2ccccc21)C(=O)NCC1CC(CC(=O)O)C1. The Hall–Kier alpha value is -3.39. The molecule has 2 atom stereocenters. The standard InChI is InChI=1S/C27H32N2O6/c1-16(34-2)25(26(32)28-14-18-11-17(12-18)13-24(30)31)29-27(33)35-15-23-21-9-5-3-7-19(21)20-8-4-6-10-22(20)23/h3-10,16-18,23,25H,11-15H2,1-2H3,(H,28,32)(H,29,33)(H,30,31). The third-order valence-electron chi connectivity index (χ3n) is 7.10. The number of nitrogens with one attached hydrogen (secondary N) is 2. The second kappa shape index (κ2) is 10.9. The van der Waals surface area contributed by atoms with Crippen molar-refractivity contribution in [3.63, 3.8) is 0 Å². The highest BCUT2D eigenvalue weighted by molar-refractivity contribution is 5.86. The molecule has 0 heterocycles. The van der Waals surface area contributed by atoms with Crippen molar-refractivity contribution in [2.24, 2.45) is 11.8 Å². The third-order valence-corrected chi connectivity index (χ3v) is 7.10. The summed E-state index contributed by atoms with van der Waals surface area (Å²) >= 11 is 0. The highest BCUT2D eigenvalue weighted by atomic mass is 16.5. The minimum absolute atomic E-state index is 0.0716. The number of rotatable bonds is 10. The summed E-state index contributed by atoms with van der Waals surface area (Å²) in [5, 5.41) is 14.4. The van der Waals surface area contributed by atoms with Crippen LogP contribution < -0.4 is 10.6 Å². The van der Waals surface area contributed by atoms with E-state index in [0.29, 0.717) is 6.54 Å². The average molecular weight is 481 g/mol. The molecule has 186 valence electrons. The molecule has 1 saturated carbocycles. The van der Waals surface area contributed by atoms with Gasteiger partial charge in [0.25, 0.3) is 0 Å². The number of ether oxygens (including phenoxy) is 2. The van der Waals surface area contributed by atoms with Gasteiger partial charge in [-0.15, -0.1) is 0 Å². The molecule has 2 aromatic carbocycles. The van der Waals surface area contributed by atoms with Gasteiger partial charge in [-0.3, -0.25) is 9.59 Å². The first-order valence-corrected chi connectivity index (χ1v) is 12.0. The lowest BCUT2D eigenvalue weighted by Crippen LogP contribution is -2.54. The Kier molecular flexibility index (Phi) is 7.70. The van der Waals surface area contributed by atoms with Crippen molar-refractivity contribution in [1.29, 1.82) is 0 Å². The van der Waals surface area contributed by atoms with Crippen LogP contribution in [0.5, 0.6) is 0 Å². The van der Waals surface area contributed by atoms with Crippen LogP contribution in [0.3, 0.4) is 0 Å². The zero-order valence-corrected chi connectivity index (χ0v) is 20.0. The first kappa shape index (κ1) is 24.7. The van der Waals surface area contributed by atoms with Gasteiger partial charge in [-0.25, -0.2) is 4.79 Å². The van der Waals surface area contributed by atoms with Crippen molar-refractivity contribution in [2.75, 3.05) is 20.3 Å². The predicted octanol–water partition coefficient (Wildman–Crippen LogP) is 3.55. The molecule has 0 spiro atoms. The van der Waals surface area contributed by atoms with Crippen LogP contribution >= 0.6 is 0 Å². The predicted molar refractivity (Wildman–Crippen MR) is 130 cm³/mol. The second-order valence-corrected chi connectivity index (χ2v) is 9.43. The van der Waals surface area contributed by atoms with Gasteiger partial charge in [-0.1, -0.05) is 48.5 Å². The summed E-state index contributed by atoms with van der Waals surface area (Å²) in [6.45, 7) is 2.30. The number of carboxylic acid groups (broad SMARTS) is 1. The van der Waals surface area contributed by atoms with Crippen LogP contribution in [0, 0.1) is 11.8 Å². The molecule has 2 aromatic rings. The van der Waals surface area contributed by atoms with Gasteiger partial charge in [0.15, 0.2) is 0 Å². The Bertz CT molecular complexity index is 1040. The Morgan fingerprint density at radius 3 is 2.17 bits per heavy atom. The van der Waals surface area contributed by atoms with Crippen molar-refractivity contribution in [3.05, 3.63) is 59.7 Å². The lowest BCUT2D eigenvalue weighted by molar-refractivity contribution is -0.139. The fourth-order valence-electron chi connectivity index (χ4n) is 5.11. The van der Waals surface area contributed by atoms with Crippen molar-refractivity contribution < 1.29 is 29.0 Å². The number of alkyl carbamates (subject to hydrolysis) is 1. The molecule has 0 saturated heterocycles. The Balaban J connectivity index is 1.31. The topological polar surface area (TPSA) is 114 Å². The highest BCUT2D eigenvalue weighted by Gasteiger charge is 2.34. The normalized spacial score (nSPS) is 20.1. The maximum atomic E-state index is 12.8. The Labute approximate surface area is 205 Å². The van der Waals surface area contributed by atoms with E-state index >= 15 is 0 Å². The molecule has 0 radical (unpaired) electrons. The van der Waals surface area contributed by atoms with E-state index in [-0.39, 0.29) is 36.7 Å². The van der Waals surface area contributed by atoms with E-state index in [0.717, 1.165) is 35.1 Å². The zero-order chi connectivity index (χ0) is 24.9. The van der Waals surface area contributed by atoms with Gasteiger partial charge in [0.1, 0.15) is 12.6 Å². The molecule has 2 aliphatic rings. The quantitative estimate of drug-likeness (QED) is 0.479. The summed E-state index contributed by atoms with van der Waals surface area (Å²) in [6, 6.07) is 15.3. The van der Waals surface area contributed by atoms with Crippen LogP contribution in [0.2, 0.25) is 0 Å². The molecular formula is C27H32N2O6. The van der Waals surface area contributed by atoms with E-state index in [4.69, 9.17) is 14.6 Å². The molecule has 2 aliphatic carbocycles.